The molecule has 0 unspecified atom stereocenters. The molecule has 3 nitrogen and oxygen atoms in total. The van der Waals surface area contributed by atoms with Crippen LogP contribution in [0.3, 0.4) is 0 Å². The van der Waals surface area contributed by atoms with Gasteiger partial charge < -0.3 is 10.2 Å². The third-order valence-corrected chi connectivity index (χ3v) is 4.49. The smallest absolute Gasteiger partial charge is 0.132 e. The fourth-order valence-corrected chi connectivity index (χ4v) is 2.85. The van der Waals surface area contributed by atoms with Crippen molar-refractivity contribution in [1.82, 2.24) is 4.90 Å². The molecule has 0 bridgehead atoms. The summed E-state index contributed by atoms with van der Waals surface area (Å²) in [5.41, 5.74) is 1.93. The van der Waals surface area contributed by atoms with E-state index < -0.39 is 0 Å². The van der Waals surface area contributed by atoms with Crippen LogP contribution in [0.5, 0.6) is 0 Å². The van der Waals surface area contributed by atoms with Gasteiger partial charge in [0.15, 0.2) is 0 Å². The maximum Gasteiger partial charge on any atom is 0.132 e. The number of aliphatic imine (C=N–C) groups is 1. The van der Waals surface area contributed by atoms with E-state index in [4.69, 9.17) is 28.2 Å². The molecule has 2 aromatic rings. The first-order valence-corrected chi connectivity index (χ1v) is 9.43. The summed E-state index contributed by atoms with van der Waals surface area (Å²) >= 11 is 12.1. The number of hydrogen-bond donors (Lipinski definition) is 1. The fraction of sp³-hybridized carbons (Fsp3) is 0.350. The van der Waals surface area contributed by atoms with Gasteiger partial charge >= 0.3 is 0 Å². The fourth-order valence-electron chi connectivity index (χ4n) is 2.54. The van der Waals surface area contributed by atoms with E-state index >= 15 is 0 Å². The van der Waals surface area contributed by atoms with Crippen molar-refractivity contribution in [2.45, 2.75) is 20.3 Å². The number of rotatable bonds is 8. The third kappa shape index (κ3) is 6.69. The lowest BCUT2D eigenvalue weighted by Gasteiger charge is -2.17. The van der Waals surface area contributed by atoms with E-state index in [2.05, 4.69) is 24.1 Å². The lowest BCUT2D eigenvalue weighted by atomic mass is 10.2. The van der Waals surface area contributed by atoms with E-state index in [-0.39, 0.29) is 0 Å². The quantitative estimate of drug-likeness (QED) is 0.369. The Morgan fingerprint density at radius 1 is 1.00 bits per heavy atom. The van der Waals surface area contributed by atoms with Gasteiger partial charge in [0.25, 0.3) is 0 Å². The summed E-state index contributed by atoms with van der Waals surface area (Å²) in [5, 5.41) is 4.79. The van der Waals surface area contributed by atoms with Crippen LogP contribution in [-0.4, -0.2) is 36.9 Å². The molecule has 0 heterocycles. The largest absolute Gasteiger partial charge is 0.340 e. The standard InChI is InChI=1S/C20H25Cl2N3/c1-3-25(4-2)14-6-13-23-20(16-9-11-17(21)12-10-16)24-19-8-5-7-18(22)15-19/h5,7-12,15H,3-4,6,13-14H2,1-2H3,(H,23,24). The molecule has 2 aromatic carbocycles. The molecule has 0 aliphatic heterocycles. The SMILES string of the molecule is CCN(CC)CCCN=C(Nc1cccc(Cl)c1)c1ccc(Cl)cc1. The Kier molecular flexibility index (Phi) is 8.26. The number of hydrogen-bond acceptors (Lipinski definition) is 2. The molecule has 0 radical (unpaired) electrons. The Labute approximate surface area is 160 Å². The van der Waals surface area contributed by atoms with Crippen LogP contribution in [0.2, 0.25) is 10.0 Å². The normalized spacial score (nSPS) is 11.8. The number of halogens is 2. The van der Waals surface area contributed by atoms with Gasteiger partial charge in [-0.1, -0.05) is 43.1 Å². The molecule has 0 fully saturated rings. The van der Waals surface area contributed by atoms with Crippen molar-refractivity contribution in [2.24, 2.45) is 4.99 Å². The summed E-state index contributed by atoms with van der Waals surface area (Å²) in [7, 11) is 0. The predicted octanol–water partition coefficient (Wildman–Crippen LogP) is 5.58. The van der Waals surface area contributed by atoms with Gasteiger partial charge in [-0.15, -0.1) is 0 Å². The summed E-state index contributed by atoms with van der Waals surface area (Å²) in [6.45, 7) is 8.35. The van der Waals surface area contributed by atoms with Gasteiger partial charge in [0.1, 0.15) is 5.84 Å². The molecule has 0 aliphatic carbocycles. The highest BCUT2D eigenvalue weighted by Gasteiger charge is 2.05. The summed E-state index contributed by atoms with van der Waals surface area (Å²) in [4.78, 5) is 7.19. The van der Waals surface area contributed by atoms with Crippen molar-refractivity contribution in [2.75, 3.05) is 31.5 Å². The van der Waals surface area contributed by atoms with Crippen LogP contribution in [-0.2, 0) is 0 Å². The number of benzene rings is 2. The average Bonchev–Trinajstić information content (AvgIpc) is 2.61. The van der Waals surface area contributed by atoms with Gasteiger partial charge in [0.05, 0.1) is 0 Å². The minimum atomic E-state index is 0.696. The first-order valence-electron chi connectivity index (χ1n) is 8.67. The zero-order valence-electron chi connectivity index (χ0n) is 14.8. The molecular formula is C20H25Cl2N3. The van der Waals surface area contributed by atoms with Gasteiger partial charge in [-0.25, -0.2) is 0 Å². The van der Waals surface area contributed by atoms with E-state index in [9.17, 15) is 0 Å². The van der Waals surface area contributed by atoms with Crippen LogP contribution in [0.25, 0.3) is 0 Å². The van der Waals surface area contributed by atoms with Crippen molar-refractivity contribution in [3.63, 3.8) is 0 Å². The zero-order chi connectivity index (χ0) is 18.1. The molecule has 5 heteroatoms. The lowest BCUT2D eigenvalue weighted by Crippen LogP contribution is -2.24. The summed E-state index contributed by atoms with van der Waals surface area (Å²) in [5.74, 6) is 0.832. The maximum absolute atomic E-state index is 6.09. The Hall–Kier alpha value is -1.55. The summed E-state index contributed by atoms with van der Waals surface area (Å²) < 4.78 is 0. The predicted molar refractivity (Wildman–Crippen MR) is 110 cm³/mol. The van der Waals surface area contributed by atoms with Crippen LogP contribution in [0.15, 0.2) is 53.5 Å². The molecule has 0 saturated carbocycles. The minimum absolute atomic E-state index is 0.696. The van der Waals surface area contributed by atoms with E-state index in [0.29, 0.717) is 10.0 Å². The highest BCUT2D eigenvalue weighted by Crippen LogP contribution is 2.17. The number of nitrogens with one attached hydrogen (secondary N) is 1. The topological polar surface area (TPSA) is 27.6 Å². The molecule has 0 aliphatic rings. The maximum atomic E-state index is 6.09. The second-order valence-corrected chi connectivity index (χ2v) is 6.63. The van der Waals surface area contributed by atoms with Crippen LogP contribution in [0.4, 0.5) is 5.69 Å². The van der Waals surface area contributed by atoms with E-state index in [1.807, 2.05) is 48.5 Å². The lowest BCUT2D eigenvalue weighted by molar-refractivity contribution is 0.302. The number of anilines is 1. The second-order valence-electron chi connectivity index (χ2n) is 5.75. The highest BCUT2D eigenvalue weighted by molar-refractivity contribution is 6.31. The van der Waals surface area contributed by atoms with E-state index in [1.165, 1.54) is 0 Å². The molecule has 0 amide bonds. The Balaban J connectivity index is 2.11. The first kappa shape index (κ1) is 19.8. The summed E-state index contributed by atoms with van der Waals surface area (Å²) in [6, 6.07) is 15.4. The van der Waals surface area contributed by atoms with Gasteiger partial charge in [0, 0.05) is 27.8 Å². The van der Waals surface area contributed by atoms with Crippen molar-refractivity contribution in [1.29, 1.82) is 0 Å². The van der Waals surface area contributed by atoms with E-state index in [1.54, 1.807) is 0 Å². The van der Waals surface area contributed by atoms with Gasteiger partial charge in [-0.05, 0) is 68.5 Å². The van der Waals surface area contributed by atoms with Gasteiger partial charge in [-0.3, -0.25) is 4.99 Å². The summed E-state index contributed by atoms with van der Waals surface area (Å²) in [6.07, 6.45) is 1.02. The Morgan fingerprint density at radius 2 is 1.72 bits per heavy atom. The third-order valence-electron chi connectivity index (χ3n) is 4.00. The number of nitrogens with zero attached hydrogens (tertiary/aromatic N) is 2. The van der Waals surface area contributed by atoms with Crippen LogP contribution >= 0.6 is 23.2 Å². The van der Waals surface area contributed by atoms with Crippen LogP contribution in [0, 0.1) is 0 Å². The molecular weight excluding hydrogens is 353 g/mol. The highest BCUT2D eigenvalue weighted by atomic mass is 35.5. The molecule has 0 spiro atoms. The first-order chi connectivity index (χ1) is 12.1. The average molecular weight is 378 g/mol. The molecule has 2 rings (SSSR count). The van der Waals surface area contributed by atoms with E-state index in [0.717, 1.165) is 49.7 Å². The van der Waals surface area contributed by atoms with Crippen molar-refractivity contribution in [3.05, 3.63) is 64.1 Å². The minimum Gasteiger partial charge on any atom is -0.340 e. The Bertz CT molecular complexity index is 680. The zero-order valence-corrected chi connectivity index (χ0v) is 16.3. The Morgan fingerprint density at radius 3 is 2.36 bits per heavy atom. The van der Waals surface area contributed by atoms with Crippen LogP contribution in [0.1, 0.15) is 25.8 Å². The van der Waals surface area contributed by atoms with Gasteiger partial charge in [0.2, 0.25) is 0 Å². The van der Waals surface area contributed by atoms with Crippen molar-refractivity contribution >= 4 is 34.7 Å². The monoisotopic (exact) mass is 377 g/mol. The van der Waals surface area contributed by atoms with Crippen molar-refractivity contribution < 1.29 is 0 Å². The molecule has 0 aromatic heterocycles. The van der Waals surface area contributed by atoms with Crippen molar-refractivity contribution in [3.8, 4) is 0 Å². The van der Waals surface area contributed by atoms with Gasteiger partial charge in [-0.2, -0.15) is 0 Å². The molecule has 0 atom stereocenters. The molecule has 1 N–H and O–H groups in total. The van der Waals surface area contributed by atoms with Crippen LogP contribution < -0.4 is 5.32 Å². The molecule has 25 heavy (non-hydrogen) atoms. The second kappa shape index (κ2) is 10.4. The molecule has 134 valence electrons. The number of amidine groups is 1. The molecule has 0 saturated heterocycles.